The Bertz CT molecular complexity index is 1440. The lowest BCUT2D eigenvalue weighted by Gasteiger charge is -2.36. The van der Waals surface area contributed by atoms with Crippen molar-refractivity contribution in [2.75, 3.05) is 13.7 Å². The van der Waals surface area contributed by atoms with E-state index < -0.39 is 0 Å². The molecule has 1 saturated heterocycles. The molecule has 0 spiro atoms. The second-order valence-corrected chi connectivity index (χ2v) is 11.4. The van der Waals surface area contributed by atoms with Crippen molar-refractivity contribution in [3.05, 3.63) is 136 Å². The Morgan fingerprint density at radius 1 is 0.786 bits per heavy atom. The number of ether oxygens (including phenoxy) is 4. The Morgan fingerprint density at radius 2 is 1.48 bits per heavy atom. The Hall–Kier alpha value is -3.51. The normalized spacial score (nSPS) is 19.9. The molecule has 2 aliphatic rings. The lowest BCUT2D eigenvalue weighted by molar-refractivity contribution is -0.142. The molecule has 4 aromatic carbocycles. The van der Waals surface area contributed by atoms with Crippen LogP contribution >= 0.6 is 0 Å². The van der Waals surface area contributed by atoms with Crippen LogP contribution in [0.15, 0.2) is 91.0 Å². The predicted octanol–water partition coefficient (Wildman–Crippen LogP) is 7.94. The molecule has 0 bridgehead atoms. The van der Waals surface area contributed by atoms with Gasteiger partial charge >= 0.3 is 0 Å². The number of methoxy groups -OCH3 is 1. The van der Waals surface area contributed by atoms with E-state index in [-0.39, 0.29) is 24.1 Å². The highest BCUT2D eigenvalue weighted by molar-refractivity contribution is 5.46. The summed E-state index contributed by atoms with van der Waals surface area (Å²) in [6.45, 7) is 1.58. The Labute approximate surface area is 248 Å². The molecule has 6 rings (SSSR count). The van der Waals surface area contributed by atoms with Gasteiger partial charge in [0.05, 0.1) is 45.2 Å². The Morgan fingerprint density at radius 3 is 2.19 bits per heavy atom. The van der Waals surface area contributed by atoms with Crippen LogP contribution in [0.25, 0.3) is 0 Å². The van der Waals surface area contributed by atoms with E-state index in [2.05, 4.69) is 30.3 Å². The first-order valence-corrected chi connectivity index (χ1v) is 15.0. The van der Waals surface area contributed by atoms with Crippen molar-refractivity contribution in [1.82, 2.24) is 0 Å². The smallest absolute Gasteiger partial charge is 0.130 e. The first-order valence-electron chi connectivity index (χ1n) is 15.0. The molecular weight excluding hydrogens is 527 g/mol. The van der Waals surface area contributed by atoms with Gasteiger partial charge in [-0.25, -0.2) is 4.39 Å². The fourth-order valence-corrected chi connectivity index (χ4v) is 6.30. The lowest BCUT2D eigenvalue weighted by atomic mass is 9.88. The van der Waals surface area contributed by atoms with E-state index in [1.165, 1.54) is 0 Å². The molecular formula is C37H39FO4. The van der Waals surface area contributed by atoms with Crippen molar-refractivity contribution < 1.29 is 23.3 Å². The molecule has 3 unspecified atom stereocenters. The van der Waals surface area contributed by atoms with E-state index in [1.54, 1.807) is 7.11 Å². The summed E-state index contributed by atoms with van der Waals surface area (Å²) in [5.41, 5.74) is 7.19. The molecule has 0 radical (unpaired) electrons. The van der Waals surface area contributed by atoms with Gasteiger partial charge in [0, 0.05) is 19.3 Å². The van der Waals surface area contributed by atoms with Crippen molar-refractivity contribution >= 4 is 0 Å². The van der Waals surface area contributed by atoms with Crippen LogP contribution in [0.5, 0.6) is 5.75 Å². The van der Waals surface area contributed by atoms with E-state index in [0.717, 1.165) is 76.8 Å². The number of benzene rings is 4. The van der Waals surface area contributed by atoms with Gasteiger partial charge < -0.3 is 18.9 Å². The van der Waals surface area contributed by atoms with E-state index in [1.807, 2.05) is 60.7 Å². The van der Waals surface area contributed by atoms with Crippen molar-refractivity contribution in [3.8, 4) is 5.75 Å². The average molecular weight is 567 g/mol. The van der Waals surface area contributed by atoms with E-state index >= 15 is 4.39 Å². The maximum atomic E-state index is 15.8. The van der Waals surface area contributed by atoms with Gasteiger partial charge in [0.15, 0.2) is 0 Å². The van der Waals surface area contributed by atoms with Gasteiger partial charge in [-0.05, 0) is 76.4 Å². The van der Waals surface area contributed by atoms with Crippen LogP contribution in [0.1, 0.15) is 64.3 Å². The van der Waals surface area contributed by atoms with Gasteiger partial charge in [0.1, 0.15) is 11.6 Å². The van der Waals surface area contributed by atoms with E-state index in [4.69, 9.17) is 18.9 Å². The number of hydrogen-bond donors (Lipinski definition) is 0. The molecule has 4 aromatic rings. The summed E-state index contributed by atoms with van der Waals surface area (Å²) in [6, 6.07) is 30.4. The number of hydrogen-bond acceptors (Lipinski definition) is 4. The summed E-state index contributed by atoms with van der Waals surface area (Å²) in [5, 5.41) is 0. The quantitative estimate of drug-likeness (QED) is 0.185. The molecule has 218 valence electrons. The summed E-state index contributed by atoms with van der Waals surface area (Å²) >= 11 is 0. The van der Waals surface area contributed by atoms with Crippen molar-refractivity contribution in [2.24, 2.45) is 0 Å². The maximum Gasteiger partial charge on any atom is 0.130 e. The minimum Gasteiger partial charge on any atom is -0.497 e. The first kappa shape index (κ1) is 28.6. The van der Waals surface area contributed by atoms with Gasteiger partial charge in [-0.2, -0.15) is 0 Å². The second kappa shape index (κ2) is 13.6. The van der Waals surface area contributed by atoms with Gasteiger partial charge in [0.25, 0.3) is 0 Å². The summed E-state index contributed by atoms with van der Waals surface area (Å²) < 4.78 is 40.5. The number of fused-ring (bicyclic) bond motifs is 1. The monoisotopic (exact) mass is 566 g/mol. The number of halogens is 1. The molecule has 5 heteroatoms. The van der Waals surface area contributed by atoms with Crippen molar-refractivity contribution in [2.45, 2.75) is 70.1 Å². The third-order valence-electron chi connectivity index (χ3n) is 8.45. The third kappa shape index (κ3) is 6.92. The molecule has 0 aromatic heterocycles. The lowest BCUT2D eigenvalue weighted by Crippen LogP contribution is -2.36. The maximum absolute atomic E-state index is 15.8. The summed E-state index contributed by atoms with van der Waals surface area (Å²) in [6.07, 6.45) is 4.39. The van der Waals surface area contributed by atoms with E-state index in [9.17, 15) is 0 Å². The van der Waals surface area contributed by atoms with Crippen LogP contribution in [-0.2, 0) is 46.7 Å². The van der Waals surface area contributed by atoms with Crippen LogP contribution in [0.4, 0.5) is 4.39 Å². The SMILES string of the molecule is COc1ccc(Cc2cc(C3CC(OCc4ccccc4)CC(COCc4ccccc4)O3)c3c(c2F)CCC3)cc1. The highest BCUT2D eigenvalue weighted by atomic mass is 19.1. The summed E-state index contributed by atoms with van der Waals surface area (Å²) in [5.74, 6) is 0.740. The Kier molecular flexibility index (Phi) is 9.29. The minimum absolute atomic E-state index is 0.0152. The van der Waals surface area contributed by atoms with Crippen LogP contribution < -0.4 is 4.74 Å². The zero-order valence-corrected chi connectivity index (χ0v) is 24.3. The first-order chi connectivity index (χ1) is 20.7. The molecule has 4 nitrogen and oxygen atoms in total. The summed E-state index contributed by atoms with van der Waals surface area (Å²) in [7, 11) is 1.66. The molecule has 0 saturated carbocycles. The highest BCUT2D eigenvalue weighted by Crippen LogP contribution is 2.40. The van der Waals surface area contributed by atoms with Gasteiger partial charge in [-0.1, -0.05) is 72.8 Å². The largest absolute Gasteiger partial charge is 0.497 e. The molecule has 1 aliphatic heterocycles. The Balaban J connectivity index is 1.24. The topological polar surface area (TPSA) is 36.9 Å². The average Bonchev–Trinajstić information content (AvgIpc) is 3.53. The minimum atomic E-state index is -0.174. The summed E-state index contributed by atoms with van der Waals surface area (Å²) in [4.78, 5) is 0. The van der Waals surface area contributed by atoms with Crippen LogP contribution in [0.3, 0.4) is 0 Å². The fourth-order valence-electron chi connectivity index (χ4n) is 6.30. The molecule has 3 atom stereocenters. The fraction of sp³-hybridized carbons (Fsp3) is 0.351. The van der Waals surface area contributed by atoms with Crippen molar-refractivity contribution in [3.63, 3.8) is 0 Å². The van der Waals surface area contributed by atoms with Gasteiger partial charge in [0.2, 0.25) is 0 Å². The molecule has 1 fully saturated rings. The standard InChI is InChI=1S/C37H39FO4/c1-39-30-17-15-26(16-18-30)19-29-20-35(33-13-8-14-34(33)37(29)38)36-22-31(41-24-28-11-6-3-7-12-28)21-32(42-36)25-40-23-27-9-4-2-5-10-27/h2-7,9-12,15-18,20,31-32,36H,8,13-14,19,21-25H2,1H3. The van der Waals surface area contributed by atoms with Crippen molar-refractivity contribution in [1.29, 1.82) is 0 Å². The molecule has 42 heavy (non-hydrogen) atoms. The van der Waals surface area contributed by atoms with Crippen LogP contribution in [0, 0.1) is 5.82 Å². The molecule has 0 amide bonds. The van der Waals surface area contributed by atoms with E-state index in [0.29, 0.717) is 26.2 Å². The van der Waals surface area contributed by atoms with Crippen LogP contribution in [0.2, 0.25) is 0 Å². The van der Waals surface area contributed by atoms with Crippen LogP contribution in [-0.4, -0.2) is 25.9 Å². The predicted molar refractivity (Wildman–Crippen MR) is 162 cm³/mol. The van der Waals surface area contributed by atoms with Gasteiger partial charge in [-0.3, -0.25) is 0 Å². The van der Waals surface area contributed by atoms with Gasteiger partial charge in [-0.15, -0.1) is 0 Å². The molecule has 0 N–H and O–H groups in total. The molecule has 1 heterocycles. The third-order valence-corrected chi connectivity index (χ3v) is 8.45. The zero-order chi connectivity index (χ0) is 28.7. The zero-order valence-electron chi connectivity index (χ0n) is 24.3. The number of rotatable bonds is 11. The molecule has 1 aliphatic carbocycles. The highest BCUT2D eigenvalue weighted by Gasteiger charge is 2.35. The second-order valence-electron chi connectivity index (χ2n) is 11.4.